The first-order valence-electron chi connectivity index (χ1n) is 8.11. The first-order chi connectivity index (χ1) is 12.6. The predicted molar refractivity (Wildman–Crippen MR) is 102 cm³/mol. The van der Waals surface area contributed by atoms with Gasteiger partial charge in [0.2, 0.25) is 5.91 Å². The number of thioether (sulfide) groups is 1. The number of amides is 1. The van der Waals surface area contributed by atoms with Gasteiger partial charge in [0.15, 0.2) is 5.16 Å². The first kappa shape index (κ1) is 18.0. The van der Waals surface area contributed by atoms with Gasteiger partial charge in [-0.3, -0.25) is 4.79 Å². The van der Waals surface area contributed by atoms with E-state index in [9.17, 15) is 4.79 Å². The van der Waals surface area contributed by atoms with Gasteiger partial charge in [-0.2, -0.15) is 0 Å². The second-order valence-corrected chi connectivity index (χ2v) is 6.79. The van der Waals surface area contributed by atoms with Gasteiger partial charge in [-0.05, 0) is 24.6 Å². The van der Waals surface area contributed by atoms with Gasteiger partial charge in [0.25, 0.3) is 0 Å². The van der Waals surface area contributed by atoms with Crippen molar-refractivity contribution in [3.8, 4) is 5.75 Å². The third kappa shape index (κ3) is 4.05. The zero-order chi connectivity index (χ0) is 18.5. The van der Waals surface area contributed by atoms with Crippen molar-refractivity contribution in [1.29, 1.82) is 0 Å². The minimum absolute atomic E-state index is 0.130. The molecular weight excluding hydrogens is 348 g/mol. The van der Waals surface area contributed by atoms with E-state index in [-0.39, 0.29) is 5.91 Å². The highest BCUT2D eigenvalue weighted by atomic mass is 32.2. The zero-order valence-electron chi connectivity index (χ0n) is 14.8. The number of nitrogens with one attached hydrogen (secondary N) is 1. The van der Waals surface area contributed by atoms with Crippen LogP contribution in [0.25, 0.3) is 0 Å². The Labute approximate surface area is 156 Å². The molecule has 3 aromatic rings. The van der Waals surface area contributed by atoms with Gasteiger partial charge in [0, 0.05) is 18.8 Å². The molecule has 1 amide bonds. The predicted octanol–water partition coefficient (Wildman–Crippen LogP) is 3.60. The topological polar surface area (TPSA) is 69.0 Å². The van der Waals surface area contributed by atoms with Crippen LogP contribution < -0.4 is 10.1 Å². The largest absolute Gasteiger partial charge is 0.497 e. The molecule has 0 saturated carbocycles. The number of carbonyl (C=O) groups excluding carboxylic acids is 1. The van der Waals surface area contributed by atoms with Crippen molar-refractivity contribution in [3.63, 3.8) is 0 Å². The Balaban J connectivity index is 1.87. The molecule has 0 aliphatic rings. The van der Waals surface area contributed by atoms with E-state index in [1.807, 2.05) is 67.1 Å². The van der Waals surface area contributed by atoms with Crippen LogP contribution in [0.2, 0.25) is 0 Å². The summed E-state index contributed by atoms with van der Waals surface area (Å²) < 4.78 is 7.09. The lowest BCUT2D eigenvalue weighted by Crippen LogP contribution is -2.19. The maximum Gasteiger partial charge on any atom is 0.242 e. The molecule has 0 spiro atoms. The van der Waals surface area contributed by atoms with Crippen LogP contribution in [-0.2, 0) is 11.8 Å². The molecule has 0 fully saturated rings. The average molecular weight is 368 g/mol. The lowest BCUT2D eigenvalue weighted by molar-refractivity contribution is -0.115. The van der Waals surface area contributed by atoms with Gasteiger partial charge < -0.3 is 14.6 Å². The number of aryl methyl sites for hydroxylation is 1. The van der Waals surface area contributed by atoms with E-state index < -0.39 is 5.25 Å². The molecular formula is C19H20N4O2S. The molecule has 0 unspecified atom stereocenters. The fraction of sp³-hybridized carbons (Fsp3) is 0.211. The third-order valence-electron chi connectivity index (χ3n) is 3.95. The number of methoxy groups -OCH3 is 1. The van der Waals surface area contributed by atoms with Crippen molar-refractivity contribution in [1.82, 2.24) is 14.8 Å². The van der Waals surface area contributed by atoms with E-state index in [1.165, 1.54) is 11.8 Å². The molecule has 1 N–H and O–H groups in total. The van der Waals surface area contributed by atoms with Crippen molar-refractivity contribution in [2.24, 2.45) is 7.05 Å². The molecule has 0 radical (unpaired) electrons. The van der Waals surface area contributed by atoms with Crippen molar-refractivity contribution in [3.05, 3.63) is 66.0 Å². The Kier molecular flexibility index (Phi) is 5.58. The van der Waals surface area contributed by atoms with E-state index in [1.54, 1.807) is 13.2 Å². The molecule has 3 rings (SSSR count). The average Bonchev–Trinajstić information content (AvgIpc) is 2.98. The van der Waals surface area contributed by atoms with Crippen molar-refractivity contribution >= 4 is 23.4 Å². The molecule has 1 atom stereocenters. The Morgan fingerprint density at radius 1 is 1.15 bits per heavy atom. The highest BCUT2D eigenvalue weighted by Crippen LogP contribution is 2.35. The van der Waals surface area contributed by atoms with Gasteiger partial charge in [-0.1, -0.05) is 48.2 Å². The summed E-state index contributed by atoms with van der Waals surface area (Å²) in [5.41, 5.74) is 1.59. The number of hydrogen-bond donors (Lipinski definition) is 1. The van der Waals surface area contributed by atoms with Crippen LogP contribution in [0.1, 0.15) is 16.6 Å². The smallest absolute Gasteiger partial charge is 0.242 e. The van der Waals surface area contributed by atoms with E-state index >= 15 is 0 Å². The van der Waals surface area contributed by atoms with Gasteiger partial charge in [-0.25, -0.2) is 0 Å². The Morgan fingerprint density at radius 3 is 2.58 bits per heavy atom. The maximum atomic E-state index is 13.0. The van der Waals surface area contributed by atoms with Crippen molar-refractivity contribution in [2.45, 2.75) is 17.3 Å². The summed E-state index contributed by atoms with van der Waals surface area (Å²) in [4.78, 5) is 13.0. The summed E-state index contributed by atoms with van der Waals surface area (Å²) in [5.74, 6) is 1.36. The van der Waals surface area contributed by atoms with E-state index in [4.69, 9.17) is 4.74 Å². The summed E-state index contributed by atoms with van der Waals surface area (Å²) >= 11 is 1.37. The highest BCUT2D eigenvalue weighted by Gasteiger charge is 2.24. The van der Waals surface area contributed by atoms with Gasteiger partial charge in [0.05, 0.1) is 7.11 Å². The second-order valence-electron chi connectivity index (χ2n) is 5.72. The minimum atomic E-state index is -0.454. The molecule has 26 heavy (non-hydrogen) atoms. The molecule has 6 nitrogen and oxygen atoms in total. The second kappa shape index (κ2) is 8.05. The lowest BCUT2D eigenvalue weighted by atomic mass is 10.1. The molecule has 0 aliphatic carbocycles. The Bertz CT molecular complexity index is 896. The van der Waals surface area contributed by atoms with E-state index in [2.05, 4.69) is 15.5 Å². The fourth-order valence-electron chi connectivity index (χ4n) is 2.41. The molecule has 7 heteroatoms. The van der Waals surface area contributed by atoms with Crippen LogP contribution in [0.3, 0.4) is 0 Å². The summed E-state index contributed by atoms with van der Waals surface area (Å²) in [6.45, 7) is 1.88. The molecule has 134 valence electrons. The van der Waals surface area contributed by atoms with Crippen molar-refractivity contribution in [2.75, 3.05) is 12.4 Å². The van der Waals surface area contributed by atoms with Gasteiger partial charge in [-0.15, -0.1) is 10.2 Å². The number of carbonyl (C=O) groups is 1. The van der Waals surface area contributed by atoms with E-state index in [0.717, 1.165) is 11.4 Å². The van der Waals surface area contributed by atoms with Crippen LogP contribution in [0.4, 0.5) is 5.69 Å². The number of benzene rings is 2. The van der Waals surface area contributed by atoms with E-state index in [0.29, 0.717) is 16.6 Å². The molecule has 1 aromatic heterocycles. The van der Waals surface area contributed by atoms with Crippen molar-refractivity contribution < 1.29 is 9.53 Å². The van der Waals surface area contributed by atoms with Gasteiger partial charge >= 0.3 is 0 Å². The summed E-state index contributed by atoms with van der Waals surface area (Å²) in [5, 5.41) is 11.4. The molecule has 1 heterocycles. The van der Waals surface area contributed by atoms with Crippen LogP contribution in [0.15, 0.2) is 59.8 Å². The summed E-state index contributed by atoms with van der Waals surface area (Å²) in [7, 11) is 3.49. The molecule has 0 saturated heterocycles. The zero-order valence-corrected chi connectivity index (χ0v) is 15.7. The number of ether oxygens (including phenoxy) is 1. The normalized spacial score (nSPS) is 11.8. The molecule has 2 aromatic carbocycles. The fourth-order valence-corrected chi connectivity index (χ4v) is 3.45. The SMILES string of the molecule is COc1cccc(NC(=O)[C@@H](Sc2nnc(C)n2C)c2ccccc2)c1. The summed E-state index contributed by atoms with van der Waals surface area (Å²) in [6.07, 6.45) is 0. The Morgan fingerprint density at radius 2 is 1.92 bits per heavy atom. The summed E-state index contributed by atoms with van der Waals surface area (Å²) in [6, 6.07) is 16.9. The van der Waals surface area contributed by atoms with Crippen LogP contribution >= 0.6 is 11.8 Å². The van der Waals surface area contributed by atoms with Crippen LogP contribution in [-0.4, -0.2) is 27.8 Å². The standard InChI is InChI=1S/C19H20N4O2S/c1-13-21-22-19(23(13)2)26-17(14-8-5-4-6-9-14)18(24)20-15-10-7-11-16(12-15)25-3/h4-12,17H,1-3H3,(H,20,24)/t17-/m0/s1. The number of anilines is 1. The molecule has 0 bridgehead atoms. The number of hydrogen-bond acceptors (Lipinski definition) is 5. The Hall–Kier alpha value is -2.80. The number of aromatic nitrogens is 3. The first-order valence-corrected chi connectivity index (χ1v) is 8.99. The van der Waals surface area contributed by atoms with Crippen LogP contribution in [0.5, 0.6) is 5.75 Å². The van der Waals surface area contributed by atoms with Crippen LogP contribution in [0, 0.1) is 6.92 Å². The monoisotopic (exact) mass is 368 g/mol. The maximum absolute atomic E-state index is 13.0. The quantitative estimate of drug-likeness (QED) is 0.673. The number of rotatable bonds is 6. The lowest BCUT2D eigenvalue weighted by Gasteiger charge is -2.17. The minimum Gasteiger partial charge on any atom is -0.497 e. The molecule has 0 aliphatic heterocycles. The highest BCUT2D eigenvalue weighted by molar-refractivity contribution is 8.00. The third-order valence-corrected chi connectivity index (χ3v) is 5.24. The van der Waals surface area contributed by atoms with Gasteiger partial charge in [0.1, 0.15) is 16.8 Å². The number of nitrogens with zero attached hydrogens (tertiary/aromatic N) is 3.